The van der Waals surface area contributed by atoms with Crippen molar-refractivity contribution in [2.75, 3.05) is 5.75 Å². The van der Waals surface area contributed by atoms with Crippen LogP contribution in [0.1, 0.15) is 26.7 Å². The molecule has 0 aromatic carbocycles. The minimum atomic E-state index is -0.706. The summed E-state index contributed by atoms with van der Waals surface area (Å²) in [7, 11) is 0. The molecule has 0 aromatic rings. The summed E-state index contributed by atoms with van der Waals surface area (Å²) in [6.45, 7) is 4.10. The van der Waals surface area contributed by atoms with Gasteiger partial charge in [-0.1, -0.05) is 0 Å². The minimum Gasteiger partial charge on any atom is -0.616 e. The summed E-state index contributed by atoms with van der Waals surface area (Å²) in [5, 5.41) is 0. The Hall–Kier alpha value is 0.270. The fourth-order valence-corrected chi connectivity index (χ4v) is 2.50. The Kier molecular flexibility index (Phi) is 2.28. The first-order chi connectivity index (χ1) is 4.52. The van der Waals surface area contributed by atoms with Gasteiger partial charge in [-0.3, -0.25) is 0 Å². The van der Waals surface area contributed by atoms with Gasteiger partial charge in [0.1, 0.15) is 10.5 Å². The van der Waals surface area contributed by atoms with E-state index < -0.39 is 11.2 Å². The monoisotopic (exact) mass is 161 g/mol. The summed E-state index contributed by atoms with van der Waals surface area (Å²) in [4.78, 5) is 0. The standard InChI is InChI=1S/C7H15NOS/c1-7(2)4-3-6(8)5-10(7)9/h6H,3-5,8H2,1-2H3. The second kappa shape index (κ2) is 2.72. The van der Waals surface area contributed by atoms with E-state index in [1.165, 1.54) is 0 Å². The van der Waals surface area contributed by atoms with Crippen molar-refractivity contribution in [1.29, 1.82) is 0 Å². The topological polar surface area (TPSA) is 49.1 Å². The molecule has 10 heavy (non-hydrogen) atoms. The van der Waals surface area contributed by atoms with Gasteiger partial charge in [0.25, 0.3) is 0 Å². The normalized spacial score (nSPS) is 39.6. The second-order valence-electron chi connectivity index (χ2n) is 3.57. The first-order valence-corrected chi connectivity index (χ1v) is 4.98. The molecule has 0 aromatic heterocycles. The minimum absolute atomic E-state index is 0.00979. The maximum atomic E-state index is 11.4. The van der Waals surface area contributed by atoms with Gasteiger partial charge in [0.15, 0.2) is 0 Å². The summed E-state index contributed by atoms with van der Waals surface area (Å²) in [5.74, 6) is 0.688. The van der Waals surface area contributed by atoms with Crippen LogP contribution in [0.25, 0.3) is 0 Å². The Morgan fingerprint density at radius 1 is 1.60 bits per heavy atom. The second-order valence-corrected chi connectivity index (χ2v) is 5.70. The fourth-order valence-electron chi connectivity index (χ4n) is 1.15. The van der Waals surface area contributed by atoms with E-state index >= 15 is 0 Å². The van der Waals surface area contributed by atoms with E-state index in [1.807, 2.05) is 0 Å². The van der Waals surface area contributed by atoms with E-state index in [4.69, 9.17) is 5.73 Å². The highest BCUT2D eigenvalue weighted by atomic mass is 32.2. The van der Waals surface area contributed by atoms with Crippen LogP contribution in [0.3, 0.4) is 0 Å². The van der Waals surface area contributed by atoms with Crippen LogP contribution in [-0.2, 0) is 11.2 Å². The van der Waals surface area contributed by atoms with Crippen LogP contribution in [0.4, 0.5) is 0 Å². The lowest BCUT2D eigenvalue weighted by atomic mass is 10.0. The molecule has 1 aliphatic heterocycles. The van der Waals surface area contributed by atoms with Gasteiger partial charge in [-0.15, -0.1) is 0 Å². The van der Waals surface area contributed by atoms with E-state index in [9.17, 15) is 4.55 Å². The Labute approximate surface area is 65.4 Å². The molecule has 1 saturated heterocycles. The molecule has 1 fully saturated rings. The molecule has 1 heterocycles. The van der Waals surface area contributed by atoms with Crippen molar-refractivity contribution < 1.29 is 4.55 Å². The van der Waals surface area contributed by atoms with Crippen LogP contribution in [0.2, 0.25) is 0 Å². The molecule has 3 heteroatoms. The van der Waals surface area contributed by atoms with Gasteiger partial charge >= 0.3 is 0 Å². The summed E-state index contributed by atoms with van der Waals surface area (Å²) in [6.07, 6.45) is 2.03. The summed E-state index contributed by atoms with van der Waals surface area (Å²) in [6, 6.07) is 0.175. The fraction of sp³-hybridized carbons (Fsp3) is 1.00. The molecular weight excluding hydrogens is 146 g/mol. The first kappa shape index (κ1) is 8.37. The predicted octanol–water partition coefficient (Wildman–Crippen LogP) is 0.635. The van der Waals surface area contributed by atoms with Crippen LogP contribution >= 0.6 is 0 Å². The highest BCUT2D eigenvalue weighted by Crippen LogP contribution is 2.29. The smallest absolute Gasteiger partial charge is 0.121 e. The van der Waals surface area contributed by atoms with Crippen LogP contribution in [0.5, 0.6) is 0 Å². The van der Waals surface area contributed by atoms with Crippen molar-refractivity contribution in [2.45, 2.75) is 37.5 Å². The third kappa shape index (κ3) is 1.65. The molecule has 0 saturated carbocycles. The molecule has 0 aliphatic carbocycles. The Bertz CT molecular complexity index is 127. The number of hydrogen-bond donors (Lipinski definition) is 1. The van der Waals surface area contributed by atoms with Gasteiger partial charge in [0, 0.05) is 6.04 Å². The van der Waals surface area contributed by atoms with Crippen LogP contribution in [-0.4, -0.2) is 21.1 Å². The molecule has 0 radical (unpaired) electrons. The maximum absolute atomic E-state index is 11.4. The Balaban J connectivity index is 2.52. The van der Waals surface area contributed by atoms with Crippen molar-refractivity contribution in [2.24, 2.45) is 5.73 Å². The van der Waals surface area contributed by atoms with Gasteiger partial charge in [-0.25, -0.2) is 0 Å². The van der Waals surface area contributed by atoms with Gasteiger partial charge in [0.2, 0.25) is 0 Å². The van der Waals surface area contributed by atoms with E-state index in [2.05, 4.69) is 13.8 Å². The van der Waals surface area contributed by atoms with Crippen LogP contribution in [0, 0.1) is 0 Å². The zero-order valence-electron chi connectivity index (χ0n) is 6.59. The maximum Gasteiger partial charge on any atom is 0.121 e. The molecule has 1 aliphatic rings. The quantitative estimate of drug-likeness (QED) is 0.530. The highest BCUT2D eigenvalue weighted by molar-refractivity contribution is 7.92. The molecule has 2 N–H and O–H groups in total. The highest BCUT2D eigenvalue weighted by Gasteiger charge is 2.37. The Morgan fingerprint density at radius 3 is 2.60 bits per heavy atom. The number of hydrogen-bond acceptors (Lipinski definition) is 2. The lowest BCUT2D eigenvalue weighted by Gasteiger charge is -2.35. The van der Waals surface area contributed by atoms with E-state index in [0.717, 1.165) is 12.8 Å². The SMILES string of the molecule is CC1(C)CCC(N)C[S+]1[O-]. The van der Waals surface area contributed by atoms with E-state index in [-0.39, 0.29) is 10.8 Å². The molecule has 2 atom stereocenters. The summed E-state index contributed by atoms with van der Waals surface area (Å²) >= 11 is -0.706. The van der Waals surface area contributed by atoms with E-state index in [0.29, 0.717) is 5.75 Å². The first-order valence-electron chi connectivity index (χ1n) is 3.66. The average molecular weight is 161 g/mol. The van der Waals surface area contributed by atoms with Crippen molar-refractivity contribution >= 4 is 11.2 Å². The van der Waals surface area contributed by atoms with Gasteiger partial charge in [-0.2, -0.15) is 0 Å². The van der Waals surface area contributed by atoms with E-state index in [1.54, 1.807) is 0 Å². The third-order valence-electron chi connectivity index (χ3n) is 2.10. The molecule has 0 bridgehead atoms. The van der Waals surface area contributed by atoms with Crippen LogP contribution < -0.4 is 5.73 Å². The average Bonchev–Trinajstić information content (AvgIpc) is 1.81. The number of nitrogens with two attached hydrogens (primary N) is 1. The van der Waals surface area contributed by atoms with Crippen LogP contribution in [0.15, 0.2) is 0 Å². The largest absolute Gasteiger partial charge is 0.616 e. The van der Waals surface area contributed by atoms with Gasteiger partial charge in [0.05, 0.1) is 0 Å². The Morgan fingerprint density at radius 2 is 2.20 bits per heavy atom. The lowest BCUT2D eigenvalue weighted by molar-refractivity contribution is 0.461. The zero-order valence-corrected chi connectivity index (χ0v) is 7.41. The zero-order chi connectivity index (χ0) is 7.78. The van der Waals surface area contributed by atoms with Crippen molar-refractivity contribution in [1.82, 2.24) is 0 Å². The van der Waals surface area contributed by atoms with Gasteiger partial charge < -0.3 is 10.3 Å². The molecule has 0 spiro atoms. The number of rotatable bonds is 0. The van der Waals surface area contributed by atoms with Gasteiger partial charge in [-0.05, 0) is 37.9 Å². The van der Waals surface area contributed by atoms with Crippen molar-refractivity contribution in [3.63, 3.8) is 0 Å². The van der Waals surface area contributed by atoms with Crippen molar-refractivity contribution in [3.8, 4) is 0 Å². The predicted molar refractivity (Wildman–Crippen MR) is 44.3 cm³/mol. The van der Waals surface area contributed by atoms with Crippen molar-refractivity contribution in [3.05, 3.63) is 0 Å². The summed E-state index contributed by atoms with van der Waals surface area (Å²) in [5.41, 5.74) is 5.65. The molecule has 60 valence electrons. The molecular formula is C7H15NOS. The molecule has 2 unspecified atom stereocenters. The molecule has 1 rings (SSSR count). The summed E-state index contributed by atoms with van der Waals surface area (Å²) < 4.78 is 11.4. The lowest BCUT2D eigenvalue weighted by Crippen LogP contribution is -2.46. The molecule has 0 amide bonds. The molecule has 2 nitrogen and oxygen atoms in total. The third-order valence-corrected chi connectivity index (χ3v) is 4.27.